The molecule has 0 atom stereocenters. The number of carbonyl (C=O) groups is 1. The maximum Gasteiger partial charge on any atom is 0.155 e. The van der Waals surface area contributed by atoms with Crippen molar-refractivity contribution in [3.05, 3.63) is 29.3 Å². The molecule has 0 amide bonds. The highest BCUT2D eigenvalue weighted by atomic mass is 32.2. The third-order valence-electron chi connectivity index (χ3n) is 6.07. The lowest BCUT2D eigenvalue weighted by Crippen LogP contribution is -2.35. The number of hydrogen-bond acceptors (Lipinski definition) is 4. The smallest absolute Gasteiger partial charge is 0.155 e. The summed E-state index contributed by atoms with van der Waals surface area (Å²) in [6.45, 7) is 9.60. The first-order valence-corrected chi connectivity index (χ1v) is 13.1. The molecule has 1 aliphatic carbocycles. The highest BCUT2D eigenvalue weighted by Crippen LogP contribution is 2.33. The summed E-state index contributed by atoms with van der Waals surface area (Å²) in [6.07, 6.45) is 5.00. The number of carbonyl (C=O) groups excluding carboxylic acids is 1. The SMILES string of the molecule is Cc1cccc(SCCCC(=O)C2CCC(CS(=O)(=O)C(C)(C)C)CC2)c1C. The van der Waals surface area contributed by atoms with Gasteiger partial charge in [0.05, 0.1) is 10.5 Å². The molecule has 0 bridgehead atoms. The molecule has 5 heteroatoms. The van der Waals surface area contributed by atoms with Gasteiger partial charge in [-0.05, 0) is 95.6 Å². The van der Waals surface area contributed by atoms with Crippen molar-refractivity contribution in [2.45, 2.75) is 82.8 Å². The van der Waals surface area contributed by atoms with Crippen LogP contribution >= 0.6 is 11.8 Å². The summed E-state index contributed by atoms with van der Waals surface area (Å²) >= 11 is 1.84. The second kappa shape index (κ2) is 9.80. The van der Waals surface area contributed by atoms with E-state index < -0.39 is 14.6 Å². The molecule has 0 aliphatic heterocycles. The molecule has 2 rings (SSSR count). The van der Waals surface area contributed by atoms with Gasteiger partial charge < -0.3 is 0 Å². The highest BCUT2D eigenvalue weighted by molar-refractivity contribution is 7.99. The van der Waals surface area contributed by atoms with Crippen LogP contribution in [0.25, 0.3) is 0 Å². The molecule has 0 N–H and O–H groups in total. The van der Waals surface area contributed by atoms with Gasteiger partial charge in [-0.1, -0.05) is 12.1 Å². The van der Waals surface area contributed by atoms with Gasteiger partial charge in [0.15, 0.2) is 9.84 Å². The molecule has 1 fully saturated rings. The zero-order valence-electron chi connectivity index (χ0n) is 18.1. The molecule has 0 aromatic heterocycles. The number of hydrogen-bond donors (Lipinski definition) is 0. The summed E-state index contributed by atoms with van der Waals surface area (Å²) in [5.41, 5.74) is 2.65. The van der Waals surface area contributed by atoms with Gasteiger partial charge in [-0.3, -0.25) is 4.79 Å². The van der Waals surface area contributed by atoms with Gasteiger partial charge in [-0.25, -0.2) is 8.42 Å². The average Bonchev–Trinajstić information content (AvgIpc) is 2.61. The van der Waals surface area contributed by atoms with Crippen molar-refractivity contribution >= 4 is 27.4 Å². The summed E-state index contributed by atoms with van der Waals surface area (Å²) < 4.78 is 24.1. The minimum Gasteiger partial charge on any atom is -0.299 e. The fourth-order valence-corrected chi connectivity index (χ4v) is 6.24. The Morgan fingerprint density at radius 2 is 1.75 bits per heavy atom. The molecule has 3 nitrogen and oxygen atoms in total. The number of benzene rings is 1. The topological polar surface area (TPSA) is 51.2 Å². The summed E-state index contributed by atoms with van der Waals surface area (Å²) in [5.74, 6) is 1.96. The van der Waals surface area contributed by atoms with Gasteiger partial charge >= 0.3 is 0 Å². The maximum atomic E-state index is 12.6. The Hall–Kier alpha value is -0.810. The third kappa shape index (κ3) is 6.35. The fraction of sp³-hybridized carbons (Fsp3) is 0.696. The third-order valence-corrected chi connectivity index (χ3v) is 10.1. The van der Waals surface area contributed by atoms with E-state index in [0.717, 1.165) is 37.9 Å². The van der Waals surface area contributed by atoms with Crippen molar-refractivity contribution in [2.24, 2.45) is 11.8 Å². The van der Waals surface area contributed by atoms with E-state index in [-0.39, 0.29) is 17.6 Å². The molecular weight excluding hydrogens is 388 g/mol. The van der Waals surface area contributed by atoms with Gasteiger partial charge in [-0.15, -0.1) is 11.8 Å². The zero-order valence-corrected chi connectivity index (χ0v) is 19.7. The molecule has 158 valence electrons. The van der Waals surface area contributed by atoms with Crippen molar-refractivity contribution in [2.75, 3.05) is 11.5 Å². The van der Waals surface area contributed by atoms with Gasteiger partial charge in [0.25, 0.3) is 0 Å². The van der Waals surface area contributed by atoms with Crippen molar-refractivity contribution < 1.29 is 13.2 Å². The van der Waals surface area contributed by atoms with Crippen LogP contribution in [0.15, 0.2) is 23.1 Å². The van der Waals surface area contributed by atoms with Crippen LogP contribution in [-0.2, 0) is 14.6 Å². The maximum absolute atomic E-state index is 12.6. The lowest BCUT2D eigenvalue weighted by molar-refractivity contribution is -0.124. The Morgan fingerprint density at radius 3 is 2.36 bits per heavy atom. The number of aryl methyl sites for hydroxylation is 1. The minimum atomic E-state index is -3.07. The fourth-order valence-electron chi connectivity index (χ4n) is 3.72. The van der Waals surface area contributed by atoms with Crippen LogP contribution in [-0.4, -0.2) is 30.5 Å². The lowest BCUT2D eigenvalue weighted by atomic mass is 9.80. The largest absolute Gasteiger partial charge is 0.299 e. The first kappa shape index (κ1) is 23.5. The van der Waals surface area contributed by atoms with Crippen molar-refractivity contribution in [1.82, 2.24) is 0 Å². The second-order valence-corrected chi connectivity index (χ2v) is 13.2. The van der Waals surface area contributed by atoms with E-state index in [2.05, 4.69) is 32.0 Å². The number of sulfone groups is 1. The number of Topliss-reactive ketones (excluding diaryl/α,β-unsaturated/α-hetero) is 1. The van der Waals surface area contributed by atoms with E-state index in [1.165, 1.54) is 16.0 Å². The Bertz CT molecular complexity index is 768. The Balaban J connectivity index is 1.71. The average molecular weight is 425 g/mol. The normalized spacial score (nSPS) is 20.9. The molecule has 0 saturated heterocycles. The van der Waals surface area contributed by atoms with Crippen LogP contribution in [0.1, 0.15) is 70.4 Å². The molecule has 0 unspecified atom stereocenters. The summed E-state index contributed by atoms with van der Waals surface area (Å²) in [4.78, 5) is 13.9. The molecule has 28 heavy (non-hydrogen) atoms. The highest BCUT2D eigenvalue weighted by Gasteiger charge is 2.34. The van der Waals surface area contributed by atoms with Gasteiger partial charge in [0, 0.05) is 17.2 Å². The van der Waals surface area contributed by atoms with Crippen molar-refractivity contribution in [3.63, 3.8) is 0 Å². The predicted octanol–water partition coefficient (Wildman–Crippen LogP) is 5.76. The van der Waals surface area contributed by atoms with Crippen molar-refractivity contribution in [1.29, 1.82) is 0 Å². The van der Waals surface area contributed by atoms with E-state index >= 15 is 0 Å². The monoisotopic (exact) mass is 424 g/mol. The van der Waals surface area contributed by atoms with E-state index in [1.807, 2.05) is 11.8 Å². The minimum absolute atomic E-state index is 0.138. The summed E-state index contributed by atoms with van der Waals surface area (Å²) in [7, 11) is -3.07. The molecule has 1 saturated carbocycles. The first-order chi connectivity index (χ1) is 13.0. The van der Waals surface area contributed by atoms with Crippen LogP contribution in [0.5, 0.6) is 0 Å². The van der Waals surface area contributed by atoms with Crippen LogP contribution in [0.3, 0.4) is 0 Å². The Labute approximate surface area is 176 Å². The van der Waals surface area contributed by atoms with Gasteiger partial charge in [0.1, 0.15) is 5.78 Å². The quantitative estimate of drug-likeness (QED) is 0.393. The first-order valence-electron chi connectivity index (χ1n) is 10.5. The van der Waals surface area contributed by atoms with Crippen LogP contribution in [0.4, 0.5) is 0 Å². The summed E-state index contributed by atoms with van der Waals surface area (Å²) in [6, 6.07) is 6.38. The molecule has 0 heterocycles. The van der Waals surface area contributed by atoms with E-state index in [9.17, 15) is 13.2 Å². The van der Waals surface area contributed by atoms with Crippen LogP contribution in [0.2, 0.25) is 0 Å². The molecule has 0 radical (unpaired) electrons. The predicted molar refractivity (Wildman–Crippen MR) is 120 cm³/mol. The van der Waals surface area contributed by atoms with Crippen molar-refractivity contribution in [3.8, 4) is 0 Å². The lowest BCUT2D eigenvalue weighted by Gasteiger charge is -2.30. The van der Waals surface area contributed by atoms with Gasteiger partial charge in [-0.2, -0.15) is 0 Å². The summed E-state index contributed by atoms with van der Waals surface area (Å²) in [5, 5.41) is 0. The molecular formula is C23H36O3S2. The number of rotatable bonds is 8. The number of ketones is 1. The number of thioether (sulfide) groups is 1. The Morgan fingerprint density at radius 1 is 1.11 bits per heavy atom. The molecule has 1 aliphatic rings. The molecule has 1 aromatic rings. The van der Waals surface area contributed by atoms with E-state index in [0.29, 0.717) is 12.2 Å². The van der Waals surface area contributed by atoms with Gasteiger partial charge in [0.2, 0.25) is 0 Å². The molecule has 1 aromatic carbocycles. The zero-order chi connectivity index (χ0) is 20.9. The Kier molecular flexibility index (Phi) is 8.21. The van der Waals surface area contributed by atoms with E-state index in [4.69, 9.17) is 0 Å². The van der Waals surface area contributed by atoms with Crippen LogP contribution in [0, 0.1) is 25.7 Å². The second-order valence-electron chi connectivity index (χ2n) is 9.23. The standard InChI is InChI=1S/C23H36O3S2/c1-17-8-6-10-22(18(17)2)27-15-7-9-21(24)20-13-11-19(12-14-20)16-28(25,26)23(3,4)5/h6,8,10,19-20H,7,9,11-16H2,1-5H3. The van der Waals surface area contributed by atoms with Crippen LogP contribution < -0.4 is 0 Å². The van der Waals surface area contributed by atoms with E-state index in [1.54, 1.807) is 20.8 Å². The molecule has 0 spiro atoms.